The molecule has 1 aromatic rings. The molecule has 0 unspecified atom stereocenters. The van der Waals surface area contributed by atoms with Crippen LogP contribution in [0.4, 0.5) is 0 Å². The summed E-state index contributed by atoms with van der Waals surface area (Å²) in [6, 6.07) is 1.88. The highest BCUT2D eigenvalue weighted by Gasteiger charge is 2.14. The van der Waals surface area contributed by atoms with Gasteiger partial charge in [0.1, 0.15) is 0 Å². The average molecular weight is 137 g/mol. The van der Waals surface area contributed by atoms with E-state index in [9.17, 15) is 0 Å². The molecule has 0 N–H and O–H groups in total. The van der Waals surface area contributed by atoms with Crippen molar-refractivity contribution >= 4 is 0 Å². The predicted molar refractivity (Wildman–Crippen MR) is 38.5 cm³/mol. The van der Waals surface area contributed by atoms with Gasteiger partial charge in [-0.2, -0.15) is 0 Å². The van der Waals surface area contributed by atoms with Crippen molar-refractivity contribution in [1.82, 2.24) is 15.4 Å². The molecule has 1 heterocycles. The van der Waals surface area contributed by atoms with Gasteiger partial charge in [0.25, 0.3) is 0 Å². The summed E-state index contributed by atoms with van der Waals surface area (Å²) in [6.45, 7) is 6.28. The Bertz CT molecular complexity index is 200. The first kappa shape index (κ1) is 7.12. The van der Waals surface area contributed by atoms with Crippen LogP contribution in [-0.2, 0) is 5.41 Å². The SMILES string of the molecule is CC(C)(C)c1ccnnn1. The van der Waals surface area contributed by atoms with Crippen LogP contribution in [0.1, 0.15) is 26.5 Å². The highest BCUT2D eigenvalue weighted by molar-refractivity contribution is 5.07. The summed E-state index contributed by atoms with van der Waals surface area (Å²) in [4.78, 5) is 0. The summed E-state index contributed by atoms with van der Waals surface area (Å²) in [7, 11) is 0. The van der Waals surface area contributed by atoms with Gasteiger partial charge in [-0.1, -0.05) is 20.8 Å². The number of rotatable bonds is 0. The van der Waals surface area contributed by atoms with Gasteiger partial charge in [-0.3, -0.25) is 0 Å². The standard InChI is InChI=1S/C7H11N3/c1-7(2,3)6-4-5-8-10-9-6/h4-5H,1-3H3. The molecule has 3 heteroatoms. The van der Waals surface area contributed by atoms with Gasteiger partial charge >= 0.3 is 0 Å². The molecule has 0 fully saturated rings. The fraction of sp³-hybridized carbons (Fsp3) is 0.571. The van der Waals surface area contributed by atoms with E-state index in [0.717, 1.165) is 5.69 Å². The van der Waals surface area contributed by atoms with Gasteiger partial charge in [0, 0.05) is 5.41 Å². The number of aromatic nitrogens is 3. The van der Waals surface area contributed by atoms with E-state index in [0.29, 0.717) is 0 Å². The Labute approximate surface area is 60.5 Å². The third-order valence-electron chi connectivity index (χ3n) is 1.27. The first-order chi connectivity index (χ1) is 4.61. The average Bonchev–Trinajstić information content (AvgIpc) is 1.88. The van der Waals surface area contributed by atoms with Crippen LogP contribution >= 0.6 is 0 Å². The Morgan fingerprint density at radius 2 is 2.00 bits per heavy atom. The fourth-order valence-electron chi connectivity index (χ4n) is 0.641. The molecule has 0 atom stereocenters. The molecule has 10 heavy (non-hydrogen) atoms. The van der Waals surface area contributed by atoms with E-state index in [-0.39, 0.29) is 5.41 Å². The van der Waals surface area contributed by atoms with Crippen LogP contribution in [0.2, 0.25) is 0 Å². The lowest BCUT2D eigenvalue weighted by atomic mass is 9.92. The van der Waals surface area contributed by atoms with E-state index in [1.54, 1.807) is 6.20 Å². The lowest BCUT2D eigenvalue weighted by Gasteiger charge is -2.14. The van der Waals surface area contributed by atoms with E-state index in [1.807, 2.05) is 6.07 Å². The molecule has 0 aliphatic carbocycles. The molecule has 0 spiro atoms. The minimum absolute atomic E-state index is 0.0793. The Morgan fingerprint density at radius 1 is 1.30 bits per heavy atom. The van der Waals surface area contributed by atoms with Crippen LogP contribution in [0.25, 0.3) is 0 Å². The van der Waals surface area contributed by atoms with Gasteiger partial charge in [-0.05, 0) is 11.3 Å². The Kier molecular flexibility index (Phi) is 1.66. The first-order valence-electron chi connectivity index (χ1n) is 3.25. The van der Waals surface area contributed by atoms with Crippen LogP contribution in [-0.4, -0.2) is 15.4 Å². The zero-order chi connectivity index (χ0) is 7.61. The van der Waals surface area contributed by atoms with Crippen molar-refractivity contribution in [2.24, 2.45) is 0 Å². The molecular weight excluding hydrogens is 126 g/mol. The van der Waals surface area contributed by atoms with E-state index in [2.05, 4.69) is 36.2 Å². The smallest absolute Gasteiger partial charge is 0.0718 e. The third-order valence-corrected chi connectivity index (χ3v) is 1.27. The van der Waals surface area contributed by atoms with Crippen molar-refractivity contribution in [3.05, 3.63) is 18.0 Å². The molecule has 0 aliphatic rings. The van der Waals surface area contributed by atoms with Gasteiger partial charge in [0.05, 0.1) is 11.9 Å². The molecule has 0 aromatic carbocycles. The van der Waals surface area contributed by atoms with Crippen molar-refractivity contribution < 1.29 is 0 Å². The lowest BCUT2D eigenvalue weighted by molar-refractivity contribution is 0.550. The summed E-state index contributed by atoms with van der Waals surface area (Å²) >= 11 is 0. The summed E-state index contributed by atoms with van der Waals surface area (Å²) < 4.78 is 0. The number of hydrogen-bond donors (Lipinski definition) is 0. The largest absolute Gasteiger partial charge is 0.139 e. The molecule has 0 aliphatic heterocycles. The van der Waals surface area contributed by atoms with E-state index < -0.39 is 0 Å². The van der Waals surface area contributed by atoms with E-state index in [1.165, 1.54) is 0 Å². The molecule has 3 nitrogen and oxygen atoms in total. The molecule has 0 radical (unpaired) electrons. The Hall–Kier alpha value is -0.990. The maximum absolute atomic E-state index is 3.89. The minimum atomic E-state index is 0.0793. The van der Waals surface area contributed by atoms with E-state index >= 15 is 0 Å². The maximum atomic E-state index is 3.89. The topological polar surface area (TPSA) is 38.7 Å². The second kappa shape index (κ2) is 2.33. The Balaban J connectivity index is 2.97. The maximum Gasteiger partial charge on any atom is 0.0718 e. The van der Waals surface area contributed by atoms with Gasteiger partial charge in [0.2, 0.25) is 0 Å². The highest BCUT2D eigenvalue weighted by Crippen LogP contribution is 2.17. The van der Waals surface area contributed by atoms with E-state index in [4.69, 9.17) is 0 Å². The molecule has 0 bridgehead atoms. The fourth-order valence-corrected chi connectivity index (χ4v) is 0.641. The molecule has 54 valence electrons. The molecule has 0 saturated carbocycles. The monoisotopic (exact) mass is 137 g/mol. The summed E-state index contributed by atoms with van der Waals surface area (Å²) in [6.07, 6.45) is 1.66. The van der Waals surface area contributed by atoms with Crippen LogP contribution in [0.5, 0.6) is 0 Å². The predicted octanol–water partition coefficient (Wildman–Crippen LogP) is 1.17. The van der Waals surface area contributed by atoms with Gasteiger partial charge < -0.3 is 0 Å². The summed E-state index contributed by atoms with van der Waals surface area (Å²) in [5, 5.41) is 11.0. The molecule has 0 amide bonds. The van der Waals surface area contributed by atoms with Crippen LogP contribution < -0.4 is 0 Å². The zero-order valence-electron chi connectivity index (χ0n) is 6.50. The van der Waals surface area contributed by atoms with Crippen LogP contribution in [0.3, 0.4) is 0 Å². The van der Waals surface area contributed by atoms with Gasteiger partial charge in [0.15, 0.2) is 0 Å². The molecule has 1 aromatic heterocycles. The number of nitrogens with zero attached hydrogens (tertiary/aromatic N) is 3. The number of hydrogen-bond acceptors (Lipinski definition) is 3. The minimum Gasteiger partial charge on any atom is -0.139 e. The molecular formula is C7H11N3. The molecule has 1 rings (SSSR count). The van der Waals surface area contributed by atoms with Crippen LogP contribution in [0.15, 0.2) is 12.3 Å². The third kappa shape index (κ3) is 1.50. The van der Waals surface area contributed by atoms with Crippen molar-refractivity contribution in [3.8, 4) is 0 Å². The van der Waals surface area contributed by atoms with Crippen molar-refractivity contribution in [1.29, 1.82) is 0 Å². The summed E-state index contributed by atoms with van der Waals surface area (Å²) in [5.41, 5.74) is 1.05. The first-order valence-corrected chi connectivity index (χ1v) is 3.25. The van der Waals surface area contributed by atoms with Crippen LogP contribution in [0, 0.1) is 0 Å². The normalized spacial score (nSPS) is 11.5. The highest BCUT2D eigenvalue weighted by atomic mass is 15.3. The van der Waals surface area contributed by atoms with Crippen molar-refractivity contribution in [2.45, 2.75) is 26.2 Å². The van der Waals surface area contributed by atoms with Gasteiger partial charge in [-0.15, -0.1) is 10.2 Å². The quantitative estimate of drug-likeness (QED) is 0.538. The lowest BCUT2D eigenvalue weighted by Crippen LogP contribution is -2.14. The second-order valence-electron chi connectivity index (χ2n) is 3.26. The van der Waals surface area contributed by atoms with Crippen molar-refractivity contribution in [2.75, 3.05) is 0 Å². The summed E-state index contributed by atoms with van der Waals surface area (Å²) in [5.74, 6) is 0. The Morgan fingerprint density at radius 3 is 2.30 bits per heavy atom. The second-order valence-corrected chi connectivity index (χ2v) is 3.26. The van der Waals surface area contributed by atoms with Crippen molar-refractivity contribution in [3.63, 3.8) is 0 Å². The zero-order valence-corrected chi connectivity index (χ0v) is 6.50. The molecule has 0 saturated heterocycles. The van der Waals surface area contributed by atoms with Gasteiger partial charge in [-0.25, -0.2) is 0 Å².